The molecule has 1 aliphatic carbocycles. The summed E-state index contributed by atoms with van der Waals surface area (Å²) in [5.74, 6) is 0.529. The molecule has 5 nitrogen and oxygen atoms in total. The number of hydrogen-bond donors (Lipinski definition) is 1. The molecule has 1 unspecified atom stereocenters. The van der Waals surface area contributed by atoms with E-state index in [0.29, 0.717) is 19.0 Å². The molecule has 0 saturated heterocycles. The van der Waals surface area contributed by atoms with Gasteiger partial charge >= 0.3 is 0 Å². The highest BCUT2D eigenvalue weighted by Gasteiger charge is 2.30. The second-order valence-electron chi connectivity index (χ2n) is 2.85. The van der Waals surface area contributed by atoms with Crippen LogP contribution in [0.15, 0.2) is 5.11 Å². The van der Waals surface area contributed by atoms with Crippen molar-refractivity contribution in [2.45, 2.75) is 18.9 Å². The van der Waals surface area contributed by atoms with Crippen LogP contribution in [0.2, 0.25) is 0 Å². The Morgan fingerprint density at radius 1 is 1.75 bits per heavy atom. The van der Waals surface area contributed by atoms with Crippen LogP contribution in [-0.4, -0.2) is 19.1 Å². The largest absolute Gasteiger partial charge is 0.302 e. The Morgan fingerprint density at radius 3 is 3.00 bits per heavy atom. The first-order chi connectivity index (χ1) is 5.88. The summed E-state index contributed by atoms with van der Waals surface area (Å²) in [7, 11) is 0. The lowest BCUT2D eigenvalue weighted by atomic mass is 10.2. The highest BCUT2D eigenvalue weighted by Crippen LogP contribution is 2.32. The monoisotopic (exact) mass is 165 g/mol. The molecular weight excluding hydrogens is 154 g/mol. The van der Waals surface area contributed by atoms with E-state index in [-0.39, 0.29) is 6.04 Å². The van der Waals surface area contributed by atoms with Crippen LogP contribution in [0.4, 0.5) is 0 Å². The average Bonchev–Trinajstić information content (AvgIpc) is 2.88. The van der Waals surface area contributed by atoms with Crippen molar-refractivity contribution in [2.75, 3.05) is 13.1 Å². The number of nitrogens with zero attached hydrogens (tertiary/aromatic N) is 4. The van der Waals surface area contributed by atoms with E-state index in [0.717, 1.165) is 12.8 Å². The van der Waals surface area contributed by atoms with Crippen molar-refractivity contribution >= 4 is 0 Å². The molecule has 1 N–H and O–H groups in total. The number of nitriles is 1. The van der Waals surface area contributed by atoms with Crippen molar-refractivity contribution in [2.24, 2.45) is 11.0 Å². The maximum absolute atomic E-state index is 8.68. The summed E-state index contributed by atoms with van der Waals surface area (Å²) in [5, 5.41) is 15.1. The van der Waals surface area contributed by atoms with Crippen molar-refractivity contribution in [3.05, 3.63) is 10.4 Å². The van der Waals surface area contributed by atoms with Gasteiger partial charge in [0.15, 0.2) is 0 Å². The molecule has 0 radical (unpaired) electrons. The fourth-order valence-corrected chi connectivity index (χ4v) is 1.06. The lowest BCUT2D eigenvalue weighted by Gasteiger charge is -2.07. The molecule has 0 heterocycles. The van der Waals surface area contributed by atoms with Gasteiger partial charge in [0.2, 0.25) is 0 Å². The predicted octanol–water partition coefficient (Wildman–Crippen LogP) is 1.19. The van der Waals surface area contributed by atoms with Gasteiger partial charge in [0.25, 0.3) is 0 Å². The normalized spacial score (nSPS) is 17.6. The minimum atomic E-state index is -0.0427. The van der Waals surface area contributed by atoms with Gasteiger partial charge in [0.1, 0.15) is 0 Å². The second-order valence-corrected chi connectivity index (χ2v) is 2.85. The van der Waals surface area contributed by atoms with Crippen molar-refractivity contribution < 1.29 is 0 Å². The third-order valence-corrected chi connectivity index (χ3v) is 1.87. The molecule has 0 bridgehead atoms. The van der Waals surface area contributed by atoms with Crippen LogP contribution in [0.1, 0.15) is 12.8 Å². The number of nitrogens with one attached hydrogen (secondary N) is 1. The van der Waals surface area contributed by atoms with Crippen molar-refractivity contribution in [3.8, 4) is 6.07 Å². The highest BCUT2D eigenvalue weighted by molar-refractivity contribution is 5.00. The summed E-state index contributed by atoms with van der Waals surface area (Å²) < 4.78 is 0. The zero-order valence-electron chi connectivity index (χ0n) is 6.77. The molecule has 64 valence electrons. The van der Waals surface area contributed by atoms with Gasteiger partial charge in [0.05, 0.1) is 12.1 Å². The van der Waals surface area contributed by atoms with Gasteiger partial charge in [-0.2, -0.15) is 5.26 Å². The SMILES string of the molecule is N#CC(NCCN=[N+]=[N-])C1CC1. The number of hydrogen-bond acceptors (Lipinski definition) is 3. The maximum Gasteiger partial charge on any atom is 0.0981 e. The average molecular weight is 165 g/mol. The van der Waals surface area contributed by atoms with E-state index in [1.165, 1.54) is 0 Å². The van der Waals surface area contributed by atoms with Gasteiger partial charge < -0.3 is 5.32 Å². The fourth-order valence-electron chi connectivity index (χ4n) is 1.06. The lowest BCUT2D eigenvalue weighted by molar-refractivity contribution is 0.555. The van der Waals surface area contributed by atoms with Crippen LogP contribution < -0.4 is 5.32 Å². The molecule has 1 fully saturated rings. The zero-order valence-corrected chi connectivity index (χ0v) is 6.77. The molecule has 1 saturated carbocycles. The first kappa shape index (κ1) is 8.85. The second kappa shape index (κ2) is 4.60. The molecule has 0 amide bonds. The van der Waals surface area contributed by atoms with Gasteiger partial charge in [-0.25, -0.2) is 0 Å². The zero-order chi connectivity index (χ0) is 8.81. The minimum absolute atomic E-state index is 0.0427. The fraction of sp³-hybridized carbons (Fsp3) is 0.857. The minimum Gasteiger partial charge on any atom is -0.302 e. The van der Waals surface area contributed by atoms with Crippen LogP contribution in [0.25, 0.3) is 10.4 Å². The first-order valence-electron chi connectivity index (χ1n) is 4.02. The van der Waals surface area contributed by atoms with Gasteiger partial charge in [0, 0.05) is 18.0 Å². The summed E-state index contributed by atoms with van der Waals surface area (Å²) in [5.41, 5.74) is 7.98. The third kappa shape index (κ3) is 2.79. The Kier molecular flexibility index (Phi) is 3.39. The standard InChI is InChI=1S/C7H11N5/c8-5-7(6-1-2-6)10-3-4-11-12-9/h6-7,10H,1-4H2. The summed E-state index contributed by atoms with van der Waals surface area (Å²) in [4.78, 5) is 2.62. The van der Waals surface area contributed by atoms with E-state index in [4.69, 9.17) is 10.8 Å². The van der Waals surface area contributed by atoms with Crippen molar-refractivity contribution in [3.63, 3.8) is 0 Å². The van der Waals surface area contributed by atoms with Crippen LogP contribution in [-0.2, 0) is 0 Å². The van der Waals surface area contributed by atoms with E-state index >= 15 is 0 Å². The molecule has 5 heteroatoms. The topological polar surface area (TPSA) is 84.6 Å². The summed E-state index contributed by atoms with van der Waals surface area (Å²) in [6.45, 7) is 1.01. The smallest absolute Gasteiger partial charge is 0.0981 e. The molecule has 12 heavy (non-hydrogen) atoms. The predicted molar refractivity (Wildman–Crippen MR) is 44.1 cm³/mol. The molecular formula is C7H11N5. The molecule has 0 aromatic rings. The summed E-state index contributed by atoms with van der Waals surface area (Å²) in [6.07, 6.45) is 2.29. The van der Waals surface area contributed by atoms with E-state index < -0.39 is 0 Å². The Bertz CT molecular complexity index is 220. The maximum atomic E-state index is 8.68. The van der Waals surface area contributed by atoms with E-state index in [1.807, 2.05) is 0 Å². The molecule has 1 atom stereocenters. The lowest BCUT2D eigenvalue weighted by Crippen LogP contribution is -2.31. The summed E-state index contributed by atoms with van der Waals surface area (Å²) in [6, 6.07) is 2.15. The van der Waals surface area contributed by atoms with Crippen LogP contribution in [0.3, 0.4) is 0 Å². The number of azide groups is 1. The van der Waals surface area contributed by atoms with Crippen molar-refractivity contribution in [1.82, 2.24) is 5.32 Å². The van der Waals surface area contributed by atoms with Crippen molar-refractivity contribution in [1.29, 1.82) is 5.26 Å². The van der Waals surface area contributed by atoms with E-state index in [1.54, 1.807) is 0 Å². The summed E-state index contributed by atoms with van der Waals surface area (Å²) >= 11 is 0. The molecule has 1 rings (SSSR count). The van der Waals surface area contributed by atoms with Gasteiger partial charge in [-0.3, -0.25) is 0 Å². The molecule has 0 spiro atoms. The Balaban J connectivity index is 2.11. The molecule has 1 aliphatic rings. The van der Waals surface area contributed by atoms with Crippen LogP contribution >= 0.6 is 0 Å². The van der Waals surface area contributed by atoms with Gasteiger partial charge in [-0.05, 0) is 24.3 Å². The quantitative estimate of drug-likeness (QED) is 0.287. The van der Waals surface area contributed by atoms with Crippen LogP contribution in [0.5, 0.6) is 0 Å². The third-order valence-electron chi connectivity index (χ3n) is 1.87. The van der Waals surface area contributed by atoms with E-state index in [2.05, 4.69) is 21.4 Å². The van der Waals surface area contributed by atoms with Crippen LogP contribution in [0, 0.1) is 17.2 Å². The Hall–Kier alpha value is -1.24. The van der Waals surface area contributed by atoms with Gasteiger partial charge in [-0.15, -0.1) is 0 Å². The number of rotatable bonds is 5. The highest BCUT2D eigenvalue weighted by atomic mass is 15.1. The first-order valence-corrected chi connectivity index (χ1v) is 4.02. The van der Waals surface area contributed by atoms with E-state index in [9.17, 15) is 0 Å². The molecule has 0 aromatic heterocycles. The Morgan fingerprint density at radius 2 is 2.50 bits per heavy atom. The Labute approximate surface area is 71.0 Å². The molecule has 0 aromatic carbocycles. The molecule has 0 aliphatic heterocycles. The van der Waals surface area contributed by atoms with Gasteiger partial charge in [-0.1, -0.05) is 5.11 Å².